The Labute approximate surface area is 181 Å². The number of aliphatic hydroxyl groups is 1. The van der Waals surface area contributed by atoms with E-state index in [2.05, 4.69) is 23.5 Å². The quantitative estimate of drug-likeness (QED) is 0.375. The first-order valence-corrected chi connectivity index (χ1v) is 10.4. The second kappa shape index (κ2) is 9.77. The van der Waals surface area contributed by atoms with E-state index in [1.807, 2.05) is 72.8 Å². The van der Waals surface area contributed by atoms with Gasteiger partial charge in [0.25, 0.3) is 0 Å². The minimum atomic E-state index is -0.561. The van der Waals surface area contributed by atoms with Crippen molar-refractivity contribution in [3.05, 3.63) is 113 Å². The molecular weight excluding hydrogens is 394 g/mol. The molecule has 0 aliphatic heterocycles. The molecule has 4 aromatic rings. The highest BCUT2D eigenvalue weighted by atomic mass is 35.5. The van der Waals surface area contributed by atoms with Crippen molar-refractivity contribution in [1.82, 2.24) is 5.32 Å². The summed E-state index contributed by atoms with van der Waals surface area (Å²) in [6.45, 7) is 1.44. The number of hydrogen-bond acceptors (Lipinski definition) is 3. The number of fused-ring (bicyclic) bond motifs is 1. The largest absolute Gasteiger partial charge is 0.488 e. The van der Waals surface area contributed by atoms with Gasteiger partial charge in [0.05, 0.1) is 6.10 Å². The van der Waals surface area contributed by atoms with Crippen LogP contribution < -0.4 is 10.1 Å². The van der Waals surface area contributed by atoms with E-state index in [4.69, 9.17) is 16.3 Å². The molecule has 0 radical (unpaired) electrons. The number of rotatable bonds is 8. The molecule has 4 heteroatoms. The fourth-order valence-electron chi connectivity index (χ4n) is 3.53. The van der Waals surface area contributed by atoms with Crippen LogP contribution in [0.15, 0.2) is 91.0 Å². The SMILES string of the molecule is O[C@@H](CNCc1c(OCc2ccccc2Cl)ccc2ccccc12)c1ccccc1. The highest BCUT2D eigenvalue weighted by molar-refractivity contribution is 6.31. The van der Waals surface area contributed by atoms with E-state index in [0.29, 0.717) is 24.7 Å². The van der Waals surface area contributed by atoms with E-state index in [-0.39, 0.29) is 0 Å². The van der Waals surface area contributed by atoms with Crippen molar-refractivity contribution < 1.29 is 9.84 Å². The second-order valence-corrected chi connectivity index (χ2v) is 7.61. The fraction of sp³-hybridized carbons (Fsp3) is 0.154. The molecule has 3 nitrogen and oxygen atoms in total. The molecule has 0 amide bonds. The van der Waals surface area contributed by atoms with Crippen molar-refractivity contribution in [3.63, 3.8) is 0 Å². The van der Waals surface area contributed by atoms with Crippen LogP contribution in [-0.4, -0.2) is 11.7 Å². The standard InChI is InChI=1S/C26H24ClNO2/c27-24-13-7-5-11-21(24)18-30-26-15-14-19-8-4-6-12-22(19)23(26)16-28-17-25(29)20-9-2-1-3-10-20/h1-15,25,28-29H,16-18H2/t25-/m0/s1. The monoisotopic (exact) mass is 417 g/mol. The maximum absolute atomic E-state index is 10.5. The first-order chi connectivity index (χ1) is 14.7. The summed E-state index contributed by atoms with van der Waals surface area (Å²) in [5, 5.41) is 16.8. The van der Waals surface area contributed by atoms with Crippen molar-refractivity contribution in [2.75, 3.05) is 6.54 Å². The van der Waals surface area contributed by atoms with E-state index in [0.717, 1.165) is 33.2 Å². The van der Waals surface area contributed by atoms with Crippen LogP contribution in [-0.2, 0) is 13.2 Å². The number of nitrogens with one attached hydrogen (secondary N) is 1. The van der Waals surface area contributed by atoms with E-state index in [9.17, 15) is 5.11 Å². The number of hydrogen-bond donors (Lipinski definition) is 2. The summed E-state index contributed by atoms with van der Waals surface area (Å²) in [5.74, 6) is 0.815. The molecule has 0 aliphatic carbocycles. The van der Waals surface area contributed by atoms with Gasteiger partial charge in [-0.05, 0) is 28.5 Å². The Morgan fingerprint density at radius 1 is 0.833 bits per heavy atom. The zero-order valence-electron chi connectivity index (χ0n) is 16.6. The smallest absolute Gasteiger partial charge is 0.124 e. The normalized spacial score (nSPS) is 12.1. The third kappa shape index (κ3) is 4.82. The Kier molecular flexibility index (Phi) is 6.65. The number of halogens is 1. The number of benzene rings is 4. The Balaban J connectivity index is 1.52. The predicted molar refractivity (Wildman–Crippen MR) is 123 cm³/mol. The molecule has 0 unspecified atom stereocenters. The van der Waals surface area contributed by atoms with Gasteiger partial charge < -0.3 is 15.2 Å². The molecule has 152 valence electrons. The average molecular weight is 418 g/mol. The molecule has 0 saturated carbocycles. The van der Waals surface area contributed by atoms with E-state index in [1.165, 1.54) is 0 Å². The lowest BCUT2D eigenvalue weighted by atomic mass is 10.0. The van der Waals surface area contributed by atoms with Crippen molar-refractivity contribution in [2.45, 2.75) is 19.3 Å². The highest BCUT2D eigenvalue weighted by Gasteiger charge is 2.12. The molecular formula is C26H24ClNO2. The third-order valence-corrected chi connectivity index (χ3v) is 5.53. The average Bonchev–Trinajstić information content (AvgIpc) is 2.79. The van der Waals surface area contributed by atoms with Crippen LogP contribution in [0.5, 0.6) is 5.75 Å². The van der Waals surface area contributed by atoms with Crippen LogP contribution in [0.4, 0.5) is 0 Å². The summed E-state index contributed by atoms with van der Waals surface area (Å²) in [4.78, 5) is 0. The molecule has 0 heterocycles. The predicted octanol–water partition coefficient (Wildman–Crippen LogP) is 5.90. The van der Waals surface area contributed by atoms with Crippen molar-refractivity contribution in [1.29, 1.82) is 0 Å². The topological polar surface area (TPSA) is 41.5 Å². The summed E-state index contributed by atoms with van der Waals surface area (Å²) in [7, 11) is 0. The minimum absolute atomic E-state index is 0.400. The molecule has 4 aromatic carbocycles. The Bertz CT molecular complexity index is 1110. The highest BCUT2D eigenvalue weighted by Crippen LogP contribution is 2.29. The van der Waals surface area contributed by atoms with Gasteiger partial charge in [-0.1, -0.05) is 90.5 Å². The fourth-order valence-corrected chi connectivity index (χ4v) is 3.72. The molecule has 0 fully saturated rings. The molecule has 30 heavy (non-hydrogen) atoms. The van der Waals surface area contributed by atoms with Gasteiger partial charge in [-0.2, -0.15) is 0 Å². The van der Waals surface area contributed by atoms with Crippen LogP contribution in [0.3, 0.4) is 0 Å². The van der Waals surface area contributed by atoms with E-state index >= 15 is 0 Å². The Morgan fingerprint density at radius 3 is 2.40 bits per heavy atom. The zero-order chi connectivity index (χ0) is 20.8. The van der Waals surface area contributed by atoms with Crippen LogP contribution >= 0.6 is 11.6 Å². The van der Waals surface area contributed by atoms with Crippen LogP contribution in [0, 0.1) is 0 Å². The lowest BCUT2D eigenvalue weighted by Gasteiger charge is -2.17. The van der Waals surface area contributed by atoms with Gasteiger partial charge in [-0.25, -0.2) is 0 Å². The summed E-state index contributed by atoms with van der Waals surface area (Å²) in [6.07, 6.45) is -0.561. The van der Waals surface area contributed by atoms with Gasteiger partial charge in [-0.15, -0.1) is 0 Å². The number of aliphatic hydroxyl groups excluding tert-OH is 1. The minimum Gasteiger partial charge on any atom is -0.488 e. The van der Waals surface area contributed by atoms with Gasteiger partial charge >= 0.3 is 0 Å². The summed E-state index contributed by atoms with van der Waals surface area (Å²) in [5.41, 5.74) is 2.92. The summed E-state index contributed by atoms with van der Waals surface area (Å²) < 4.78 is 6.17. The van der Waals surface area contributed by atoms with Crippen molar-refractivity contribution in [3.8, 4) is 5.75 Å². The lowest BCUT2D eigenvalue weighted by molar-refractivity contribution is 0.174. The Hall–Kier alpha value is -2.85. The molecule has 4 rings (SSSR count). The first-order valence-electron chi connectivity index (χ1n) is 10.0. The van der Waals surface area contributed by atoms with Crippen molar-refractivity contribution in [2.24, 2.45) is 0 Å². The van der Waals surface area contributed by atoms with Gasteiger partial charge in [0.15, 0.2) is 0 Å². The molecule has 0 aliphatic rings. The summed E-state index contributed by atoms with van der Waals surface area (Å²) >= 11 is 6.28. The zero-order valence-corrected chi connectivity index (χ0v) is 17.3. The maximum atomic E-state index is 10.5. The van der Waals surface area contributed by atoms with E-state index < -0.39 is 6.10 Å². The number of ether oxygens (including phenoxy) is 1. The third-order valence-electron chi connectivity index (χ3n) is 5.16. The Morgan fingerprint density at radius 2 is 1.57 bits per heavy atom. The molecule has 1 atom stereocenters. The summed E-state index contributed by atoms with van der Waals surface area (Å²) in [6, 6.07) is 29.7. The van der Waals surface area contributed by atoms with E-state index in [1.54, 1.807) is 0 Å². The molecule has 2 N–H and O–H groups in total. The van der Waals surface area contributed by atoms with Gasteiger partial charge in [0.1, 0.15) is 12.4 Å². The first kappa shape index (κ1) is 20.4. The molecule has 0 aromatic heterocycles. The van der Waals surface area contributed by atoms with Crippen LogP contribution in [0.1, 0.15) is 22.8 Å². The van der Waals surface area contributed by atoms with Crippen molar-refractivity contribution >= 4 is 22.4 Å². The molecule has 0 bridgehead atoms. The van der Waals surface area contributed by atoms with Gasteiger partial charge in [-0.3, -0.25) is 0 Å². The maximum Gasteiger partial charge on any atom is 0.124 e. The lowest BCUT2D eigenvalue weighted by Crippen LogP contribution is -2.21. The van der Waals surface area contributed by atoms with Crippen LogP contribution in [0.2, 0.25) is 5.02 Å². The molecule has 0 spiro atoms. The van der Waals surface area contributed by atoms with Gasteiger partial charge in [0, 0.05) is 29.2 Å². The van der Waals surface area contributed by atoms with Crippen LogP contribution in [0.25, 0.3) is 10.8 Å². The molecule has 0 saturated heterocycles. The van der Waals surface area contributed by atoms with Gasteiger partial charge in [0.2, 0.25) is 0 Å². The second-order valence-electron chi connectivity index (χ2n) is 7.20.